The monoisotopic (exact) mass is 264 g/mol. The van der Waals surface area contributed by atoms with E-state index in [0.717, 1.165) is 11.3 Å². The summed E-state index contributed by atoms with van der Waals surface area (Å²) in [4.78, 5) is 11.3. The fourth-order valence-electron chi connectivity index (χ4n) is 1.60. The average Bonchev–Trinajstić information content (AvgIpc) is 2.41. The fourth-order valence-corrected chi connectivity index (χ4v) is 1.60. The Balaban J connectivity index is 2.92. The molecule has 19 heavy (non-hydrogen) atoms. The van der Waals surface area contributed by atoms with E-state index in [2.05, 4.69) is 12.0 Å². The van der Waals surface area contributed by atoms with Crippen LogP contribution in [0.1, 0.15) is 19.4 Å². The van der Waals surface area contributed by atoms with Crippen LogP contribution in [0, 0.1) is 0 Å². The van der Waals surface area contributed by atoms with Crippen LogP contribution < -0.4 is 20.7 Å². The maximum Gasteiger partial charge on any atom is 0.274 e. The van der Waals surface area contributed by atoms with Crippen LogP contribution in [0.25, 0.3) is 0 Å². The van der Waals surface area contributed by atoms with E-state index in [1.54, 1.807) is 25.1 Å². The first-order chi connectivity index (χ1) is 9.12. The second kappa shape index (κ2) is 7.43. The van der Waals surface area contributed by atoms with Crippen molar-refractivity contribution in [2.75, 3.05) is 6.61 Å². The molecule has 0 saturated carbocycles. The number of rotatable bonds is 7. The highest BCUT2D eigenvalue weighted by atomic mass is 16.5. The van der Waals surface area contributed by atoms with Crippen molar-refractivity contribution in [3.63, 3.8) is 0 Å². The van der Waals surface area contributed by atoms with Crippen LogP contribution in [0.3, 0.4) is 0 Å². The zero-order chi connectivity index (χ0) is 14.3. The Morgan fingerprint density at radius 2 is 2.32 bits per heavy atom. The second-order valence-corrected chi connectivity index (χ2v) is 3.96. The molecule has 104 valence electrons. The molecule has 0 aliphatic heterocycles. The number of carbonyl (C=O) groups is 1. The first-order valence-electron chi connectivity index (χ1n) is 6.16. The van der Waals surface area contributed by atoms with Crippen LogP contribution in [0.15, 0.2) is 30.9 Å². The highest BCUT2D eigenvalue weighted by Gasteiger charge is 2.15. The summed E-state index contributed by atoms with van der Waals surface area (Å²) in [5.74, 6) is 6.09. The van der Waals surface area contributed by atoms with Gasteiger partial charge in [-0.15, -0.1) is 6.58 Å². The Kier molecular flexibility index (Phi) is 5.89. The lowest BCUT2D eigenvalue weighted by Crippen LogP contribution is -2.40. The Hall–Kier alpha value is -2.01. The number of carbonyl (C=O) groups excluding carboxylic acids is 1. The van der Waals surface area contributed by atoms with Gasteiger partial charge in [-0.05, 0) is 38.5 Å². The molecule has 0 spiro atoms. The molecule has 1 aromatic rings. The standard InChI is InChI=1S/C14H20N2O3/c1-4-6-11-9-12(18-5-2)7-8-13(11)19-10(3)14(17)16-15/h4,7-10H,1,5-6,15H2,2-3H3,(H,16,17). The number of allylic oxidation sites excluding steroid dienone is 1. The van der Waals surface area contributed by atoms with Crippen LogP contribution in [0.2, 0.25) is 0 Å². The maximum absolute atomic E-state index is 11.3. The number of benzene rings is 1. The van der Waals surface area contributed by atoms with E-state index in [4.69, 9.17) is 15.3 Å². The van der Waals surface area contributed by atoms with Gasteiger partial charge in [-0.2, -0.15) is 0 Å². The van der Waals surface area contributed by atoms with Crippen LogP contribution in [-0.2, 0) is 11.2 Å². The molecule has 0 aliphatic carbocycles. The lowest BCUT2D eigenvalue weighted by atomic mass is 10.1. The Morgan fingerprint density at radius 1 is 1.58 bits per heavy atom. The first kappa shape index (κ1) is 15.0. The lowest BCUT2D eigenvalue weighted by Gasteiger charge is -2.16. The summed E-state index contributed by atoms with van der Waals surface area (Å²) in [6.45, 7) is 7.86. The molecule has 0 bridgehead atoms. The molecule has 1 aromatic carbocycles. The average molecular weight is 264 g/mol. The van der Waals surface area contributed by atoms with Crippen molar-refractivity contribution in [1.82, 2.24) is 5.43 Å². The van der Waals surface area contributed by atoms with Gasteiger partial charge in [0.05, 0.1) is 6.61 Å². The molecular formula is C14H20N2O3. The minimum Gasteiger partial charge on any atom is -0.494 e. The topological polar surface area (TPSA) is 73.6 Å². The van der Waals surface area contributed by atoms with Crippen LogP contribution >= 0.6 is 0 Å². The van der Waals surface area contributed by atoms with Crippen molar-refractivity contribution in [1.29, 1.82) is 0 Å². The molecule has 5 heteroatoms. The molecule has 1 rings (SSSR count). The lowest BCUT2D eigenvalue weighted by molar-refractivity contribution is -0.127. The molecule has 1 atom stereocenters. The van der Waals surface area contributed by atoms with Gasteiger partial charge >= 0.3 is 0 Å². The number of nitrogens with two attached hydrogens (primary N) is 1. The van der Waals surface area contributed by atoms with Crippen molar-refractivity contribution in [3.05, 3.63) is 36.4 Å². The predicted octanol–water partition coefficient (Wildman–Crippen LogP) is 1.57. The third-order valence-corrected chi connectivity index (χ3v) is 2.52. The van der Waals surface area contributed by atoms with Gasteiger partial charge in [0.15, 0.2) is 6.10 Å². The predicted molar refractivity (Wildman–Crippen MR) is 73.9 cm³/mol. The summed E-state index contributed by atoms with van der Waals surface area (Å²) in [6.07, 6.45) is 1.74. The van der Waals surface area contributed by atoms with Crippen molar-refractivity contribution >= 4 is 5.91 Å². The van der Waals surface area contributed by atoms with Gasteiger partial charge in [0.2, 0.25) is 0 Å². The molecule has 0 radical (unpaired) electrons. The highest BCUT2D eigenvalue weighted by Crippen LogP contribution is 2.26. The van der Waals surface area contributed by atoms with Crippen molar-refractivity contribution in [2.24, 2.45) is 5.84 Å². The zero-order valence-electron chi connectivity index (χ0n) is 11.3. The molecule has 0 saturated heterocycles. The summed E-state index contributed by atoms with van der Waals surface area (Å²) < 4.78 is 11.0. The largest absolute Gasteiger partial charge is 0.494 e. The molecule has 5 nitrogen and oxygen atoms in total. The van der Waals surface area contributed by atoms with Crippen LogP contribution in [0.5, 0.6) is 11.5 Å². The van der Waals surface area contributed by atoms with E-state index < -0.39 is 6.10 Å². The minimum absolute atomic E-state index is 0.376. The Labute approximate surface area is 113 Å². The summed E-state index contributed by atoms with van der Waals surface area (Å²) >= 11 is 0. The summed E-state index contributed by atoms with van der Waals surface area (Å²) in [5, 5.41) is 0. The second-order valence-electron chi connectivity index (χ2n) is 3.96. The van der Waals surface area contributed by atoms with E-state index in [-0.39, 0.29) is 5.91 Å². The van der Waals surface area contributed by atoms with Gasteiger partial charge in [-0.1, -0.05) is 6.08 Å². The van der Waals surface area contributed by atoms with Gasteiger partial charge in [0.1, 0.15) is 11.5 Å². The molecule has 0 fully saturated rings. The number of amides is 1. The maximum atomic E-state index is 11.3. The van der Waals surface area contributed by atoms with Crippen molar-refractivity contribution < 1.29 is 14.3 Å². The minimum atomic E-state index is -0.661. The number of ether oxygens (including phenoxy) is 2. The first-order valence-corrected chi connectivity index (χ1v) is 6.16. The third kappa shape index (κ3) is 4.30. The van der Waals surface area contributed by atoms with E-state index in [9.17, 15) is 4.79 Å². The summed E-state index contributed by atoms with van der Waals surface area (Å²) in [6, 6.07) is 5.47. The zero-order valence-corrected chi connectivity index (χ0v) is 11.3. The van der Waals surface area contributed by atoms with E-state index in [1.807, 2.05) is 13.0 Å². The third-order valence-electron chi connectivity index (χ3n) is 2.52. The van der Waals surface area contributed by atoms with E-state index >= 15 is 0 Å². The molecule has 0 aromatic heterocycles. The van der Waals surface area contributed by atoms with Gasteiger partial charge in [-0.3, -0.25) is 10.2 Å². The number of nitrogens with one attached hydrogen (secondary N) is 1. The van der Waals surface area contributed by atoms with E-state index in [1.165, 1.54) is 0 Å². The molecule has 0 aliphatic rings. The molecule has 1 unspecified atom stereocenters. The van der Waals surface area contributed by atoms with E-state index in [0.29, 0.717) is 18.8 Å². The smallest absolute Gasteiger partial charge is 0.274 e. The summed E-state index contributed by atoms with van der Waals surface area (Å²) in [7, 11) is 0. The van der Waals surface area contributed by atoms with Crippen LogP contribution in [0.4, 0.5) is 0 Å². The quantitative estimate of drug-likeness (QED) is 0.339. The molecular weight excluding hydrogens is 244 g/mol. The number of hydrazine groups is 1. The highest BCUT2D eigenvalue weighted by molar-refractivity contribution is 5.80. The summed E-state index contributed by atoms with van der Waals surface area (Å²) in [5.41, 5.74) is 2.97. The SMILES string of the molecule is C=CCc1cc(OCC)ccc1OC(C)C(=O)NN. The van der Waals surface area contributed by atoms with Gasteiger partial charge in [0, 0.05) is 5.56 Å². The number of hydrogen-bond donors (Lipinski definition) is 2. The van der Waals surface area contributed by atoms with Crippen LogP contribution in [-0.4, -0.2) is 18.6 Å². The Bertz CT molecular complexity index is 446. The molecule has 3 N–H and O–H groups in total. The number of hydrogen-bond acceptors (Lipinski definition) is 4. The van der Waals surface area contributed by atoms with Gasteiger partial charge < -0.3 is 9.47 Å². The fraction of sp³-hybridized carbons (Fsp3) is 0.357. The van der Waals surface area contributed by atoms with Crippen molar-refractivity contribution in [3.8, 4) is 11.5 Å². The van der Waals surface area contributed by atoms with Crippen molar-refractivity contribution in [2.45, 2.75) is 26.4 Å². The normalized spacial score (nSPS) is 11.5. The Morgan fingerprint density at radius 3 is 2.89 bits per heavy atom. The van der Waals surface area contributed by atoms with Gasteiger partial charge in [-0.25, -0.2) is 5.84 Å². The molecule has 1 amide bonds. The molecule has 0 heterocycles. The van der Waals surface area contributed by atoms with Gasteiger partial charge in [0.25, 0.3) is 5.91 Å².